The maximum absolute atomic E-state index is 11.4. The van der Waals surface area contributed by atoms with Gasteiger partial charge < -0.3 is 9.67 Å². The quantitative estimate of drug-likeness (QED) is 0.865. The van der Waals surface area contributed by atoms with E-state index in [1.54, 1.807) is 12.1 Å². The molecule has 0 saturated carbocycles. The molecule has 1 aromatic heterocycles. The monoisotopic (exact) mass is 260 g/mol. The molecule has 4 nitrogen and oxygen atoms in total. The third-order valence-electron chi connectivity index (χ3n) is 3.29. The number of aryl methyl sites for hydroxylation is 2. The van der Waals surface area contributed by atoms with Crippen LogP contribution in [0.2, 0.25) is 0 Å². The summed E-state index contributed by atoms with van der Waals surface area (Å²) in [5, 5.41) is 9.33. The second-order valence-corrected chi connectivity index (χ2v) is 4.76. The molecule has 1 N–H and O–H groups in total. The molecule has 102 valence electrons. The molecular weight excluding hydrogens is 240 g/mol. The van der Waals surface area contributed by atoms with Gasteiger partial charge in [-0.1, -0.05) is 26.3 Å². The molecule has 19 heavy (non-hydrogen) atoms. The largest absolute Gasteiger partial charge is 0.478 e. The number of fused-ring (bicyclic) bond motifs is 1. The molecule has 0 aliphatic carbocycles. The Balaban J connectivity index is 2.62. The molecule has 0 bridgehead atoms. The van der Waals surface area contributed by atoms with Crippen LogP contribution in [0.15, 0.2) is 18.2 Å². The van der Waals surface area contributed by atoms with E-state index in [-0.39, 0.29) is 0 Å². The lowest BCUT2D eigenvalue weighted by Gasteiger charge is -2.09. The number of carbonyl (C=O) groups is 1. The van der Waals surface area contributed by atoms with Crippen LogP contribution in [-0.4, -0.2) is 20.6 Å². The molecule has 0 fully saturated rings. The number of para-hydroxylation sites is 1. The average molecular weight is 260 g/mol. The lowest BCUT2D eigenvalue weighted by Crippen LogP contribution is -2.07. The summed E-state index contributed by atoms with van der Waals surface area (Å²) < 4.78 is 2.09. The lowest BCUT2D eigenvalue weighted by atomic mass is 10.2. The van der Waals surface area contributed by atoms with E-state index in [2.05, 4.69) is 23.4 Å². The smallest absolute Gasteiger partial charge is 0.337 e. The number of aromatic nitrogens is 2. The Morgan fingerprint density at radius 1 is 1.32 bits per heavy atom. The molecule has 0 aliphatic heterocycles. The molecule has 0 radical (unpaired) electrons. The number of carboxylic acids is 1. The first-order valence-corrected chi connectivity index (χ1v) is 6.90. The zero-order chi connectivity index (χ0) is 13.8. The van der Waals surface area contributed by atoms with E-state index >= 15 is 0 Å². The SMILES string of the molecule is CCCCn1c(CCC)nc2cccc(C(=O)O)c21. The van der Waals surface area contributed by atoms with Crippen molar-refractivity contribution in [3.63, 3.8) is 0 Å². The van der Waals surface area contributed by atoms with Crippen LogP contribution in [0.4, 0.5) is 0 Å². The zero-order valence-electron chi connectivity index (χ0n) is 11.5. The van der Waals surface area contributed by atoms with Crippen molar-refractivity contribution in [2.24, 2.45) is 0 Å². The van der Waals surface area contributed by atoms with Gasteiger partial charge in [-0.15, -0.1) is 0 Å². The third kappa shape index (κ3) is 2.62. The second kappa shape index (κ2) is 5.87. The maximum Gasteiger partial charge on any atom is 0.337 e. The summed E-state index contributed by atoms with van der Waals surface area (Å²) >= 11 is 0. The molecule has 0 saturated heterocycles. The van der Waals surface area contributed by atoms with Gasteiger partial charge in [-0.3, -0.25) is 0 Å². The van der Waals surface area contributed by atoms with Gasteiger partial charge in [0.1, 0.15) is 5.82 Å². The van der Waals surface area contributed by atoms with Crippen molar-refractivity contribution in [1.82, 2.24) is 9.55 Å². The van der Waals surface area contributed by atoms with Gasteiger partial charge in [-0.25, -0.2) is 9.78 Å². The summed E-state index contributed by atoms with van der Waals surface area (Å²) in [6.07, 6.45) is 4.02. The molecule has 2 aromatic rings. The van der Waals surface area contributed by atoms with Gasteiger partial charge in [0.25, 0.3) is 0 Å². The van der Waals surface area contributed by atoms with Crippen LogP contribution in [0, 0.1) is 0 Å². The number of carboxylic acid groups (broad SMARTS) is 1. The van der Waals surface area contributed by atoms with E-state index in [0.29, 0.717) is 5.56 Å². The number of unbranched alkanes of at least 4 members (excludes halogenated alkanes) is 1. The van der Waals surface area contributed by atoms with Crippen molar-refractivity contribution < 1.29 is 9.90 Å². The highest BCUT2D eigenvalue weighted by Crippen LogP contribution is 2.22. The predicted molar refractivity (Wildman–Crippen MR) is 75.6 cm³/mol. The van der Waals surface area contributed by atoms with Gasteiger partial charge in [0.2, 0.25) is 0 Å². The predicted octanol–water partition coefficient (Wildman–Crippen LogP) is 3.49. The van der Waals surface area contributed by atoms with Crippen LogP contribution < -0.4 is 0 Å². The number of rotatable bonds is 6. The Bertz CT molecular complexity index is 587. The molecule has 4 heteroatoms. The standard InChI is InChI=1S/C15H20N2O2/c1-3-5-10-17-13(7-4-2)16-12-9-6-8-11(14(12)17)15(18)19/h6,8-9H,3-5,7,10H2,1-2H3,(H,18,19). The van der Waals surface area contributed by atoms with Crippen LogP contribution >= 0.6 is 0 Å². The van der Waals surface area contributed by atoms with Gasteiger partial charge in [0, 0.05) is 13.0 Å². The van der Waals surface area contributed by atoms with E-state index in [1.165, 1.54) is 0 Å². The first-order chi connectivity index (χ1) is 9.19. The van der Waals surface area contributed by atoms with E-state index in [9.17, 15) is 9.90 Å². The molecule has 0 aliphatic rings. The molecule has 1 aromatic carbocycles. The topological polar surface area (TPSA) is 55.1 Å². The van der Waals surface area contributed by atoms with Gasteiger partial charge in [-0.2, -0.15) is 0 Å². The van der Waals surface area contributed by atoms with Crippen molar-refractivity contribution >= 4 is 17.0 Å². The molecule has 1 heterocycles. The Hall–Kier alpha value is -1.84. The molecule has 0 spiro atoms. The van der Waals surface area contributed by atoms with Crippen LogP contribution in [0.25, 0.3) is 11.0 Å². The number of benzene rings is 1. The Kier molecular flexibility index (Phi) is 4.20. The fourth-order valence-electron chi connectivity index (χ4n) is 2.38. The number of nitrogens with zero attached hydrogens (tertiary/aromatic N) is 2. The van der Waals surface area contributed by atoms with Gasteiger partial charge in [0.15, 0.2) is 0 Å². The van der Waals surface area contributed by atoms with Crippen molar-refractivity contribution in [2.75, 3.05) is 0 Å². The fraction of sp³-hybridized carbons (Fsp3) is 0.467. The highest BCUT2D eigenvalue weighted by atomic mass is 16.4. The first-order valence-electron chi connectivity index (χ1n) is 6.90. The van der Waals surface area contributed by atoms with E-state index in [1.807, 2.05) is 6.07 Å². The lowest BCUT2D eigenvalue weighted by molar-refractivity contribution is 0.0698. The Labute approximate surface area is 113 Å². The van der Waals surface area contributed by atoms with Crippen molar-refractivity contribution in [3.05, 3.63) is 29.6 Å². The summed E-state index contributed by atoms with van der Waals surface area (Å²) in [7, 11) is 0. The minimum absolute atomic E-state index is 0.350. The summed E-state index contributed by atoms with van der Waals surface area (Å²) in [5.74, 6) is 0.117. The van der Waals surface area contributed by atoms with Crippen molar-refractivity contribution in [2.45, 2.75) is 46.1 Å². The molecule has 0 atom stereocenters. The summed E-state index contributed by atoms with van der Waals surface area (Å²) in [5.41, 5.74) is 1.91. The maximum atomic E-state index is 11.4. The highest BCUT2D eigenvalue weighted by molar-refractivity contribution is 6.01. The Morgan fingerprint density at radius 3 is 2.74 bits per heavy atom. The zero-order valence-corrected chi connectivity index (χ0v) is 11.5. The van der Waals surface area contributed by atoms with E-state index in [0.717, 1.165) is 49.1 Å². The number of aromatic carboxylic acids is 1. The van der Waals surface area contributed by atoms with Crippen LogP contribution in [0.1, 0.15) is 49.3 Å². The van der Waals surface area contributed by atoms with Crippen LogP contribution in [0.5, 0.6) is 0 Å². The summed E-state index contributed by atoms with van der Waals surface area (Å²) in [6.45, 7) is 5.09. The summed E-state index contributed by atoms with van der Waals surface area (Å²) in [4.78, 5) is 16.0. The first kappa shape index (κ1) is 13.6. The number of hydrogen-bond acceptors (Lipinski definition) is 2. The normalized spacial score (nSPS) is 11.1. The minimum atomic E-state index is -0.883. The van der Waals surface area contributed by atoms with Crippen LogP contribution in [0.3, 0.4) is 0 Å². The third-order valence-corrected chi connectivity index (χ3v) is 3.29. The fourth-order valence-corrected chi connectivity index (χ4v) is 2.38. The second-order valence-electron chi connectivity index (χ2n) is 4.76. The average Bonchev–Trinajstić information content (AvgIpc) is 2.74. The number of imidazole rings is 1. The van der Waals surface area contributed by atoms with Gasteiger partial charge >= 0.3 is 5.97 Å². The molecule has 2 rings (SSSR count). The van der Waals surface area contributed by atoms with E-state index in [4.69, 9.17) is 0 Å². The molecular formula is C15H20N2O2. The van der Waals surface area contributed by atoms with Crippen molar-refractivity contribution in [3.8, 4) is 0 Å². The molecule has 0 amide bonds. The minimum Gasteiger partial charge on any atom is -0.478 e. The van der Waals surface area contributed by atoms with Gasteiger partial charge in [-0.05, 0) is 25.0 Å². The van der Waals surface area contributed by atoms with Crippen molar-refractivity contribution in [1.29, 1.82) is 0 Å². The van der Waals surface area contributed by atoms with Crippen LogP contribution in [-0.2, 0) is 13.0 Å². The van der Waals surface area contributed by atoms with E-state index < -0.39 is 5.97 Å². The molecule has 0 unspecified atom stereocenters. The summed E-state index contributed by atoms with van der Waals surface area (Å²) in [6, 6.07) is 5.31. The number of hydrogen-bond donors (Lipinski definition) is 1. The Morgan fingerprint density at radius 2 is 2.11 bits per heavy atom. The highest BCUT2D eigenvalue weighted by Gasteiger charge is 2.16. The van der Waals surface area contributed by atoms with Gasteiger partial charge in [0.05, 0.1) is 16.6 Å².